The van der Waals surface area contributed by atoms with Crippen molar-refractivity contribution >= 4 is 17.5 Å². The average molecular weight is 401 g/mol. The lowest BCUT2D eigenvalue weighted by Gasteiger charge is -2.35. The number of nitrogens with zero attached hydrogens (tertiary/aromatic N) is 3. The van der Waals surface area contributed by atoms with E-state index in [-0.39, 0.29) is 5.78 Å². The van der Waals surface area contributed by atoms with Crippen molar-refractivity contribution < 1.29 is 4.79 Å². The summed E-state index contributed by atoms with van der Waals surface area (Å²) in [6, 6.07) is 29.9. The van der Waals surface area contributed by atoms with Crippen LogP contribution in [-0.2, 0) is 0 Å². The number of benzene rings is 3. The molecule has 0 N–H and O–H groups in total. The summed E-state index contributed by atoms with van der Waals surface area (Å²) in [4.78, 5) is 15.9. The van der Waals surface area contributed by atoms with Gasteiger partial charge >= 0.3 is 0 Å². The zero-order valence-corrected chi connectivity index (χ0v) is 16.7. The molecule has 3 aromatic rings. The molecule has 2 aliphatic rings. The van der Waals surface area contributed by atoms with Gasteiger partial charge in [-0.15, -0.1) is 0 Å². The molecule has 3 aromatic carbocycles. The molecular weight excluding hydrogens is 382 g/mol. The Morgan fingerprint density at radius 2 is 1.45 bits per heavy atom. The summed E-state index contributed by atoms with van der Waals surface area (Å²) >= 11 is 0. The van der Waals surface area contributed by atoms with Gasteiger partial charge in [-0.25, -0.2) is 0 Å². The number of carbonyl (C=O) groups excluding carboxylic acids is 1. The second-order valence-electron chi connectivity index (χ2n) is 7.93. The Hall–Kier alpha value is -4.15. The van der Waals surface area contributed by atoms with Crippen molar-refractivity contribution in [3.63, 3.8) is 0 Å². The minimum absolute atomic E-state index is 0.0862. The van der Waals surface area contributed by atoms with Crippen LogP contribution in [0.4, 0.5) is 5.69 Å². The van der Waals surface area contributed by atoms with Crippen LogP contribution in [0.15, 0.2) is 91.0 Å². The SMILES string of the molecule is N#CC1(C#N)C(c2ccccc2)C(C(=O)c2ccccc2)N2c3ccccc3C=CC21. The van der Waals surface area contributed by atoms with Gasteiger partial charge in [0.2, 0.25) is 0 Å². The Balaban J connectivity index is 1.79. The Morgan fingerprint density at radius 3 is 2.13 bits per heavy atom. The molecule has 31 heavy (non-hydrogen) atoms. The highest BCUT2D eigenvalue weighted by atomic mass is 16.1. The number of ketones is 1. The van der Waals surface area contributed by atoms with Gasteiger partial charge in [-0.3, -0.25) is 4.79 Å². The molecule has 0 bridgehead atoms. The summed E-state index contributed by atoms with van der Waals surface area (Å²) in [6.45, 7) is 0. The molecule has 2 heterocycles. The van der Waals surface area contributed by atoms with Gasteiger partial charge in [0, 0.05) is 17.2 Å². The molecule has 0 saturated carbocycles. The number of para-hydroxylation sites is 1. The third kappa shape index (κ3) is 2.70. The minimum Gasteiger partial charge on any atom is -0.351 e. The number of hydrogen-bond donors (Lipinski definition) is 0. The van der Waals surface area contributed by atoms with Crippen LogP contribution in [0.3, 0.4) is 0 Å². The number of hydrogen-bond acceptors (Lipinski definition) is 4. The Labute approximate surface area is 181 Å². The summed E-state index contributed by atoms with van der Waals surface area (Å²) in [6.07, 6.45) is 3.86. The van der Waals surface area contributed by atoms with Gasteiger partial charge in [0.15, 0.2) is 11.2 Å². The van der Waals surface area contributed by atoms with E-state index in [1.54, 1.807) is 12.1 Å². The van der Waals surface area contributed by atoms with Crippen molar-refractivity contribution in [3.8, 4) is 12.1 Å². The van der Waals surface area contributed by atoms with Gasteiger partial charge in [-0.1, -0.05) is 91.0 Å². The number of rotatable bonds is 3. The van der Waals surface area contributed by atoms with E-state index in [1.165, 1.54) is 0 Å². The van der Waals surface area contributed by atoms with Crippen LogP contribution < -0.4 is 4.90 Å². The van der Waals surface area contributed by atoms with Crippen molar-refractivity contribution in [2.24, 2.45) is 5.41 Å². The van der Waals surface area contributed by atoms with E-state index in [2.05, 4.69) is 12.1 Å². The first-order valence-electron chi connectivity index (χ1n) is 10.2. The zero-order valence-electron chi connectivity index (χ0n) is 16.7. The predicted octanol–water partition coefficient (Wildman–Crippen LogP) is 4.97. The van der Waals surface area contributed by atoms with Crippen molar-refractivity contribution in [3.05, 3.63) is 108 Å². The number of fused-ring (bicyclic) bond motifs is 3. The van der Waals surface area contributed by atoms with Crippen LogP contribution in [0.5, 0.6) is 0 Å². The van der Waals surface area contributed by atoms with E-state index >= 15 is 0 Å². The van der Waals surface area contributed by atoms with Crippen molar-refractivity contribution in [2.45, 2.75) is 18.0 Å². The first-order chi connectivity index (χ1) is 15.2. The Morgan fingerprint density at radius 1 is 0.839 bits per heavy atom. The molecule has 148 valence electrons. The molecule has 1 fully saturated rings. The normalized spacial score (nSPS) is 22.6. The van der Waals surface area contributed by atoms with E-state index in [4.69, 9.17) is 0 Å². The fourth-order valence-electron chi connectivity index (χ4n) is 5.04. The van der Waals surface area contributed by atoms with Crippen molar-refractivity contribution in [1.29, 1.82) is 10.5 Å². The standard InChI is InChI=1S/C27H19N3O/c28-17-27(18-29)23-16-15-19-9-7-8-14-22(19)30(23)25(24(27)20-10-3-1-4-11-20)26(31)21-12-5-2-6-13-21/h1-16,23-25H. The smallest absolute Gasteiger partial charge is 0.185 e. The van der Waals surface area contributed by atoms with Crippen LogP contribution in [-0.4, -0.2) is 17.9 Å². The quantitative estimate of drug-likeness (QED) is 0.581. The number of anilines is 1. The monoisotopic (exact) mass is 401 g/mol. The van der Waals surface area contributed by atoms with E-state index in [0.29, 0.717) is 5.56 Å². The van der Waals surface area contributed by atoms with Gasteiger partial charge in [0.05, 0.1) is 18.2 Å². The van der Waals surface area contributed by atoms with Gasteiger partial charge in [0.1, 0.15) is 6.04 Å². The molecule has 4 heteroatoms. The first kappa shape index (κ1) is 18.9. The lowest BCUT2D eigenvalue weighted by molar-refractivity contribution is 0.0951. The maximum Gasteiger partial charge on any atom is 0.185 e. The second kappa shape index (κ2) is 7.27. The summed E-state index contributed by atoms with van der Waals surface area (Å²) in [5.74, 6) is -0.686. The predicted molar refractivity (Wildman–Crippen MR) is 119 cm³/mol. The van der Waals surface area contributed by atoms with Gasteiger partial charge in [0.25, 0.3) is 0 Å². The highest BCUT2D eigenvalue weighted by Crippen LogP contribution is 2.55. The van der Waals surface area contributed by atoms with Crippen LogP contribution in [0, 0.1) is 28.1 Å². The third-order valence-electron chi connectivity index (χ3n) is 6.40. The third-order valence-corrected chi connectivity index (χ3v) is 6.40. The lowest BCUT2D eigenvalue weighted by atomic mass is 9.69. The molecule has 4 nitrogen and oxygen atoms in total. The summed E-state index contributed by atoms with van der Waals surface area (Å²) in [5.41, 5.74) is 1.84. The molecule has 0 aliphatic carbocycles. The zero-order chi connectivity index (χ0) is 21.4. The van der Waals surface area contributed by atoms with E-state index < -0.39 is 23.4 Å². The molecule has 0 aromatic heterocycles. The molecule has 2 aliphatic heterocycles. The van der Waals surface area contributed by atoms with Gasteiger partial charge < -0.3 is 4.90 Å². The molecule has 3 atom stereocenters. The maximum absolute atomic E-state index is 13.9. The minimum atomic E-state index is -1.40. The van der Waals surface area contributed by atoms with Crippen LogP contribution in [0.1, 0.15) is 27.4 Å². The summed E-state index contributed by atoms with van der Waals surface area (Å²) in [5, 5.41) is 20.7. The second-order valence-corrected chi connectivity index (χ2v) is 7.93. The first-order valence-corrected chi connectivity index (χ1v) is 10.2. The molecule has 0 spiro atoms. The van der Waals surface area contributed by atoms with E-state index in [0.717, 1.165) is 16.8 Å². The highest BCUT2D eigenvalue weighted by Gasteiger charge is 2.63. The van der Waals surface area contributed by atoms with Gasteiger partial charge in [-0.05, 0) is 17.2 Å². The molecule has 3 unspecified atom stereocenters. The number of Topliss-reactive ketones (excluding diaryl/α,β-unsaturated/α-hetero) is 1. The van der Waals surface area contributed by atoms with Crippen LogP contribution >= 0.6 is 0 Å². The molecule has 0 radical (unpaired) electrons. The van der Waals surface area contributed by atoms with Crippen LogP contribution in [0.2, 0.25) is 0 Å². The largest absolute Gasteiger partial charge is 0.351 e. The maximum atomic E-state index is 13.9. The summed E-state index contributed by atoms with van der Waals surface area (Å²) in [7, 11) is 0. The highest BCUT2D eigenvalue weighted by molar-refractivity contribution is 6.04. The summed E-state index contributed by atoms with van der Waals surface area (Å²) < 4.78 is 0. The van der Waals surface area contributed by atoms with Crippen LogP contribution in [0.25, 0.3) is 6.08 Å². The molecule has 0 amide bonds. The molecule has 1 saturated heterocycles. The topological polar surface area (TPSA) is 67.9 Å². The van der Waals surface area contributed by atoms with Crippen molar-refractivity contribution in [2.75, 3.05) is 4.90 Å². The molecule has 5 rings (SSSR count). The van der Waals surface area contributed by atoms with E-state index in [1.807, 2.05) is 89.8 Å². The van der Waals surface area contributed by atoms with Crippen molar-refractivity contribution in [1.82, 2.24) is 0 Å². The molecular formula is C27H19N3O. The fourth-order valence-corrected chi connectivity index (χ4v) is 5.04. The average Bonchev–Trinajstić information content (AvgIpc) is 3.15. The number of carbonyl (C=O) groups is 1. The number of nitriles is 2. The fraction of sp³-hybridized carbons (Fsp3) is 0.148. The Kier molecular flexibility index (Phi) is 4.42. The van der Waals surface area contributed by atoms with Gasteiger partial charge in [-0.2, -0.15) is 10.5 Å². The Bertz CT molecular complexity index is 1240. The van der Waals surface area contributed by atoms with E-state index in [9.17, 15) is 15.3 Å². The lowest BCUT2D eigenvalue weighted by Crippen LogP contribution is -2.44.